The molecule has 19 heavy (non-hydrogen) atoms. The molecule has 6 heteroatoms. The van der Waals surface area contributed by atoms with Crippen LogP contribution in [-0.4, -0.2) is 29.2 Å². The molecule has 0 spiro atoms. The van der Waals surface area contributed by atoms with Crippen LogP contribution in [0.5, 0.6) is 0 Å². The number of nitrogens with zero attached hydrogens (tertiary/aromatic N) is 1. The lowest BCUT2D eigenvalue weighted by Gasteiger charge is -2.29. The monoisotopic (exact) mass is 285 g/mol. The fraction of sp³-hybridized carbons (Fsp3) is 0.692. The van der Waals surface area contributed by atoms with Crippen LogP contribution < -0.4 is 10.6 Å². The Morgan fingerprint density at radius 3 is 2.47 bits per heavy atom. The zero-order valence-corrected chi connectivity index (χ0v) is 12.0. The van der Waals surface area contributed by atoms with E-state index in [2.05, 4.69) is 15.8 Å². The van der Waals surface area contributed by atoms with E-state index in [1.165, 1.54) is 12.8 Å². The molecule has 2 unspecified atom stereocenters. The molecule has 5 nitrogen and oxygen atoms in total. The number of rotatable bonds is 2. The Balaban J connectivity index is 0.00000133. The highest BCUT2D eigenvalue weighted by atomic mass is 35.5. The maximum absolute atomic E-state index is 12.2. The Bertz CT molecular complexity index is 443. The first-order valence-electron chi connectivity index (χ1n) is 6.63. The molecule has 1 aromatic heterocycles. The third-order valence-corrected chi connectivity index (χ3v) is 4.07. The summed E-state index contributed by atoms with van der Waals surface area (Å²) in [7, 11) is 0. The summed E-state index contributed by atoms with van der Waals surface area (Å²) in [5.41, 5.74) is 1.27. The highest BCUT2D eigenvalue weighted by Gasteiger charge is 2.34. The van der Waals surface area contributed by atoms with Gasteiger partial charge >= 0.3 is 0 Å². The predicted molar refractivity (Wildman–Crippen MR) is 73.7 cm³/mol. The van der Waals surface area contributed by atoms with Gasteiger partial charge in [0.25, 0.3) is 5.91 Å². The van der Waals surface area contributed by atoms with Crippen molar-refractivity contribution in [3.8, 4) is 0 Å². The highest BCUT2D eigenvalue weighted by Crippen LogP contribution is 2.27. The molecule has 2 aliphatic heterocycles. The molecule has 2 fully saturated rings. The van der Waals surface area contributed by atoms with Crippen LogP contribution in [0, 0.1) is 13.8 Å². The van der Waals surface area contributed by atoms with Crippen LogP contribution in [0.4, 0.5) is 0 Å². The molecule has 1 aromatic rings. The molecule has 0 aromatic carbocycles. The van der Waals surface area contributed by atoms with Crippen molar-refractivity contribution in [1.29, 1.82) is 0 Å². The van der Waals surface area contributed by atoms with Crippen molar-refractivity contribution in [1.82, 2.24) is 15.8 Å². The van der Waals surface area contributed by atoms with E-state index in [0.717, 1.165) is 12.8 Å². The standard InChI is InChI=1S/C13H19N3O2.ClH/c1-7-12(8(2)18-16-7)13(17)15-11-5-9-3-4-10(6-11)14-9;/h9-11,14H,3-6H2,1-2H3,(H,15,17);1H. The van der Waals surface area contributed by atoms with Gasteiger partial charge < -0.3 is 15.2 Å². The summed E-state index contributed by atoms with van der Waals surface area (Å²) in [6, 6.07) is 1.45. The number of aryl methyl sites for hydroxylation is 2. The first-order chi connectivity index (χ1) is 8.63. The van der Waals surface area contributed by atoms with Crippen molar-refractivity contribution in [3.05, 3.63) is 17.0 Å². The lowest BCUT2D eigenvalue weighted by molar-refractivity contribution is 0.0922. The SMILES string of the molecule is Cc1noc(C)c1C(=O)NC1CC2CCC(C1)N2.Cl. The first kappa shape index (κ1) is 14.3. The van der Waals surface area contributed by atoms with Crippen LogP contribution >= 0.6 is 12.4 Å². The molecule has 3 rings (SSSR count). The van der Waals surface area contributed by atoms with Gasteiger partial charge in [0.15, 0.2) is 0 Å². The molecule has 0 aliphatic carbocycles. The molecule has 2 bridgehead atoms. The molecule has 2 aliphatic rings. The number of aromatic nitrogens is 1. The van der Waals surface area contributed by atoms with Gasteiger partial charge in [-0.2, -0.15) is 0 Å². The van der Waals surface area contributed by atoms with Crippen molar-refractivity contribution in [3.63, 3.8) is 0 Å². The first-order valence-corrected chi connectivity index (χ1v) is 6.63. The summed E-state index contributed by atoms with van der Waals surface area (Å²) in [5, 5.41) is 10.5. The molecule has 2 saturated heterocycles. The van der Waals surface area contributed by atoms with Gasteiger partial charge in [0.2, 0.25) is 0 Å². The van der Waals surface area contributed by atoms with Gasteiger partial charge in [0, 0.05) is 18.1 Å². The van der Waals surface area contributed by atoms with Crippen LogP contribution in [0.15, 0.2) is 4.52 Å². The summed E-state index contributed by atoms with van der Waals surface area (Å²) in [6.45, 7) is 3.58. The Morgan fingerprint density at radius 2 is 1.95 bits per heavy atom. The largest absolute Gasteiger partial charge is 0.361 e. The van der Waals surface area contributed by atoms with E-state index in [1.807, 2.05) is 0 Å². The number of amides is 1. The van der Waals surface area contributed by atoms with Crippen molar-refractivity contribution in [2.75, 3.05) is 0 Å². The molecule has 3 heterocycles. The second kappa shape index (κ2) is 5.51. The fourth-order valence-electron chi connectivity index (χ4n) is 3.24. The van der Waals surface area contributed by atoms with Crippen molar-refractivity contribution >= 4 is 18.3 Å². The van der Waals surface area contributed by atoms with Gasteiger partial charge in [-0.25, -0.2) is 0 Å². The lowest BCUT2D eigenvalue weighted by atomic mass is 9.99. The number of piperidine rings is 1. The van der Waals surface area contributed by atoms with Gasteiger partial charge in [-0.15, -0.1) is 12.4 Å². The minimum atomic E-state index is -0.0439. The van der Waals surface area contributed by atoms with E-state index in [9.17, 15) is 4.79 Å². The number of hydrogen-bond acceptors (Lipinski definition) is 4. The molecule has 2 N–H and O–H groups in total. The third kappa shape index (κ3) is 2.77. The average molecular weight is 286 g/mol. The van der Waals surface area contributed by atoms with Gasteiger partial charge in [-0.05, 0) is 39.5 Å². The van der Waals surface area contributed by atoms with Crippen molar-refractivity contribution in [2.45, 2.75) is 57.7 Å². The fourth-order valence-corrected chi connectivity index (χ4v) is 3.24. The second-order valence-electron chi connectivity index (χ2n) is 5.48. The highest BCUT2D eigenvalue weighted by molar-refractivity contribution is 5.96. The summed E-state index contributed by atoms with van der Waals surface area (Å²) < 4.78 is 5.04. The van der Waals surface area contributed by atoms with Gasteiger partial charge in [0.1, 0.15) is 11.3 Å². The normalized spacial score (nSPS) is 28.8. The minimum Gasteiger partial charge on any atom is -0.361 e. The molecule has 106 valence electrons. The third-order valence-electron chi connectivity index (χ3n) is 4.07. The van der Waals surface area contributed by atoms with Crippen LogP contribution in [0.2, 0.25) is 0 Å². The molecule has 0 saturated carbocycles. The average Bonchev–Trinajstić information content (AvgIpc) is 2.82. The quantitative estimate of drug-likeness (QED) is 0.868. The molecular weight excluding hydrogens is 266 g/mol. The summed E-state index contributed by atoms with van der Waals surface area (Å²) >= 11 is 0. The van der Waals surface area contributed by atoms with E-state index in [0.29, 0.717) is 29.1 Å². The molecular formula is C13H20ClN3O2. The number of carbonyl (C=O) groups is 1. The van der Waals surface area contributed by atoms with Crippen molar-refractivity contribution in [2.24, 2.45) is 0 Å². The van der Waals surface area contributed by atoms with Crippen LogP contribution in [0.1, 0.15) is 47.5 Å². The van der Waals surface area contributed by atoms with E-state index in [1.54, 1.807) is 13.8 Å². The van der Waals surface area contributed by atoms with E-state index in [4.69, 9.17) is 4.52 Å². The number of nitrogens with one attached hydrogen (secondary N) is 2. The summed E-state index contributed by atoms with van der Waals surface area (Å²) in [5.74, 6) is 0.555. The van der Waals surface area contributed by atoms with Gasteiger partial charge in [-0.3, -0.25) is 4.79 Å². The van der Waals surface area contributed by atoms with E-state index < -0.39 is 0 Å². The number of hydrogen-bond donors (Lipinski definition) is 2. The Labute approximate surface area is 118 Å². The maximum atomic E-state index is 12.2. The molecule has 2 atom stereocenters. The predicted octanol–water partition coefficient (Wildman–Crippen LogP) is 1.73. The Hall–Kier alpha value is -1.07. The molecule has 0 radical (unpaired) electrons. The van der Waals surface area contributed by atoms with Crippen molar-refractivity contribution < 1.29 is 9.32 Å². The number of halogens is 1. The van der Waals surface area contributed by atoms with E-state index in [-0.39, 0.29) is 24.4 Å². The topological polar surface area (TPSA) is 67.2 Å². The Kier molecular flexibility index (Phi) is 4.16. The van der Waals surface area contributed by atoms with Crippen LogP contribution in [0.25, 0.3) is 0 Å². The Morgan fingerprint density at radius 1 is 1.32 bits per heavy atom. The van der Waals surface area contributed by atoms with Crippen LogP contribution in [0.3, 0.4) is 0 Å². The minimum absolute atomic E-state index is 0. The number of fused-ring (bicyclic) bond motifs is 2. The molecule has 1 amide bonds. The lowest BCUT2D eigenvalue weighted by Crippen LogP contribution is -2.48. The second-order valence-corrected chi connectivity index (χ2v) is 5.48. The van der Waals surface area contributed by atoms with Crippen LogP contribution in [-0.2, 0) is 0 Å². The smallest absolute Gasteiger partial charge is 0.257 e. The maximum Gasteiger partial charge on any atom is 0.257 e. The zero-order chi connectivity index (χ0) is 12.7. The summed E-state index contributed by atoms with van der Waals surface area (Å²) in [6.07, 6.45) is 4.54. The number of carbonyl (C=O) groups excluding carboxylic acids is 1. The van der Waals surface area contributed by atoms with Gasteiger partial charge in [0.05, 0.1) is 5.69 Å². The summed E-state index contributed by atoms with van der Waals surface area (Å²) in [4.78, 5) is 12.2. The van der Waals surface area contributed by atoms with Gasteiger partial charge in [-0.1, -0.05) is 5.16 Å². The zero-order valence-electron chi connectivity index (χ0n) is 11.2. The van der Waals surface area contributed by atoms with E-state index >= 15 is 0 Å².